The predicted octanol–water partition coefficient (Wildman–Crippen LogP) is 2.80. The smallest absolute Gasteiger partial charge is 0.0817 e. The van der Waals surface area contributed by atoms with E-state index < -0.39 is 0 Å². The summed E-state index contributed by atoms with van der Waals surface area (Å²) in [7, 11) is 0. The number of aliphatic hydroxyl groups is 1. The summed E-state index contributed by atoms with van der Waals surface area (Å²) in [6.45, 7) is 0. The molecule has 3 rings (SSSR count). The number of benzene rings is 1. The minimum Gasteiger partial charge on any atom is -0.388 e. The van der Waals surface area contributed by atoms with E-state index in [-0.39, 0.29) is 6.10 Å². The Kier molecular flexibility index (Phi) is 1.64. The first kappa shape index (κ1) is 8.33. The van der Waals surface area contributed by atoms with Gasteiger partial charge in [-0.2, -0.15) is 0 Å². The number of rotatable bonds is 0. The Balaban J connectivity index is 2.41. The monoisotopic (exact) mass is 207 g/mol. The minimum atomic E-state index is -0.322. The van der Waals surface area contributed by atoms with Gasteiger partial charge in [-0.15, -0.1) is 0 Å². The van der Waals surface area contributed by atoms with E-state index in [1.54, 1.807) is 0 Å². The fraction of sp³-hybridized carbons (Fsp3) is 0.273. The van der Waals surface area contributed by atoms with Crippen molar-refractivity contribution in [2.45, 2.75) is 18.9 Å². The average Bonchev–Trinajstić information content (AvgIpc) is 2.68. The first-order chi connectivity index (χ1) is 6.77. The summed E-state index contributed by atoms with van der Waals surface area (Å²) in [5.74, 6) is 0. The summed E-state index contributed by atoms with van der Waals surface area (Å²) in [4.78, 5) is 3.28. The van der Waals surface area contributed by atoms with E-state index in [1.165, 1.54) is 0 Å². The van der Waals surface area contributed by atoms with Crippen LogP contribution in [0.2, 0.25) is 5.02 Å². The normalized spacial score (nSPS) is 20.3. The van der Waals surface area contributed by atoms with Crippen LogP contribution >= 0.6 is 11.6 Å². The van der Waals surface area contributed by atoms with Gasteiger partial charge in [0, 0.05) is 16.6 Å². The van der Waals surface area contributed by atoms with E-state index in [1.807, 2.05) is 18.2 Å². The van der Waals surface area contributed by atoms with Gasteiger partial charge in [0.15, 0.2) is 0 Å². The number of hydrogen-bond donors (Lipinski definition) is 2. The number of aromatic amines is 1. The molecule has 72 valence electrons. The Bertz CT molecular complexity index is 503. The van der Waals surface area contributed by atoms with Crippen molar-refractivity contribution in [1.82, 2.24) is 4.98 Å². The van der Waals surface area contributed by atoms with Crippen molar-refractivity contribution in [3.63, 3.8) is 0 Å². The van der Waals surface area contributed by atoms with Crippen LogP contribution in [-0.2, 0) is 6.42 Å². The zero-order valence-electron chi connectivity index (χ0n) is 7.55. The molecule has 1 heterocycles. The molecule has 14 heavy (non-hydrogen) atoms. The molecule has 0 saturated heterocycles. The molecule has 0 saturated carbocycles. The molecule has 0 aliphatic heterocycles. The second-order valence-corrected chi connectivity index (χ2v) is 4.14. The molecule has 1 unspecified atom stereocenters. The number of aliphatic hydroxyl groups excluding tert-OH is 1. The van der Waals surface area contributed by atoms with Gasteiger partial charge < -0.3 is 10.1 Å². The van der Waals surface area contributed by atoms with Crippen LogP contribution in [0.1, 0.15) is 23.8 Å². The van der Waals surface area contributed by atoms with E-state index >= 15 is 0 Å². The first-order valence-electron chi connectivity index (χ1n) is 4.74. The molecule has 2 N–H and O–H groups in total. The van der Waals surface area contributed by atoms with Crippen LogP contribution in [-0.4, -0.2) is 10.1 Å². The molecule has 1 aromatic carbocycles. The number of hydrogen-bond acceptors (Lipinski definition) is 1. The summed E-state index contributed by atoms with van der Waals surface area (Å²) >= 11 is 6.06. The summed E-state index contributed by atoms with van der Waals surface area (Å²) < 4.78 is 0. The number of H-pyrrole nitrogens is 1. The van der Waals surface area contributed by atoms with Gasteiger partial charge >= 0.3 is 0 Å². The van der Waals surface area contributed by atoms with Crippen molar-refractivity contribution < 1.29 is 5.11 Å². The second-order valence-electron chi connectivity index (χ2n) is 3.73. The maximum absolute atomic E-state index is 9.80. The first-order valence-corrected chi connectivity index (χ1v) is 5.12. The lowest BCUT2D eigenvalue weighted by molar-refractivity contribution is 0.181. The standard InChI is InChI=1S/C11H10ClNO/c12-7-3-1-2-6-10-8(13-11(6)7)4-5-9(10)14/h1-3,9,13-14H,4-5H2. The number of aryl methyl sites for hydroxylation is 1. The van der Waals surface area contributed by atoms with Crippen molar-refractivity contribution in [2.24, 2.45) is 0 Å². The van der Waals surface area contributed by atoms with E-state index in [2.05, 4.69) is 4.98 Å². The molecular weight excluding hydrogens is 198 g/mol. The van der Waals surface area contributed by atoms with Gasteiger partial charge in [0.25, 0.3) is 0 Å². The van der Waals surface area contributed by atoms with E-state index in [9.17, 15) is 5.11 Å². The molecule has 0 spiro atoms. The Labute approximate surface area is 86.5 Å². The van der Waals surface area contributed by atoms with Crippen LogP contribution in [0.4, 0.5) is 0 Å². The van der Waals surface area contributed by atoms with Crippen molar-refractivity contribution in [3.05, 3.63) is 34.5 Å². The topological polar surface area (TPSA) is 36.0 Å². The number of para-hydroxylation sites is 1. The van der Waals surface area contributed by atoms with Gasteiger partial charge in [0.05, 0.1) is 16.6 Å². The van der Waals surface area contributed by atoms with E-state index in [0.717, 1.165) is 40.0 Å². The van der Waals surface area contributed by atoms with Gasteiger partial charge in [0.1, 0.15) is 0 Å². The highest BCUT2D eigenvalue weighted by molar-refractivity contribution is 6.35. The third kappa shape index (κ3) is 0.954. The molecular formula is C11H10ClNO. The van der Waals surface area contributed by atoms with E-state index in [4.69, 9.17) is 11.6 Å². The quantitative estimate of drug-likeness (QED) is 0.685. The molecule has 1 aliphatic carbocycles. The molecule has 2 nitrogen and oxygen atoms in total. The van der Waals surface area contributed by atoms with Crippen LogP contribution in [0.15, 0.2) is 18.2 Å². The lowest BCUT2D eigenvalue weighted by atomic mass is 10.1. The molecule has 2 aromatic rings. The van der Waals surface area contributed by atoms with Gasteiger partial charge in [-0.05, 0) is 18.9 Å². The summed E-state index contributed by atoms with van der Waals surface area (Å²) in [6.07, 6.45) is 1.42. The molecule has 3 heteroatoms. The van der Waals surface area contributed by atoms with E-state index in [0.29, 0.717) is 0 Å². The predicted molar refractivity (Wildman–Crippen MR) is 56.6 cm³/mol. The second kappa shape index (κ2) is 2.75. The average molecular weight is 208 g/mol. The third-order valence-corrected chi connectivity index (χ3v) is 3.22. The maximum atomic E-state index is 9.80. The fourth-order valence-electron chi connectivity index (χ4n) is 2.26. The van der Waals surface area contributed by atoms with Crippen LogP contribution in [0.25, 0.3) is 10.9 Å². The van der Waals surface area contributed by atoms with Crippen LogP contribution in [0.3, 0.4) is 0 Å². The molecule has 1 aromatic heterocycles. The maximum Gasteiger partial charge on any atom is 0.0817 e. The largest absolute Gasteiger partial charge is 0.388 e. The SMILES string of the molecule is OC1CCc2[nH]c3c(Cl)cccc3c21. The van der Waals surface area contributed by atoms with Crippen LogP contribution in [0, 0.1) is 0 Å². The highest BCUT2D eigenvalue weighted by atomic mass is 35.5. The highest BCUT2D eigenvalue weighted by Crippen LogP contribution is 2.38. The van der Waals surface area contributed by atoms with Crippen LogP contribution < -0.4 is 0 Å². The van der Waals surface area contributed by atoms with Crippen molar-refractivity contribution >= 4 is 22.5 Å². The van der Waals surface area contributed by atoms with Crippen molar-refractivity contribution in [3.8, 4) is 0 Å². The minimum absolute atomic E-state index is 0.322. The Morgan fingerprint density at radius 3 is 3.14 bits per heavy atom. The molecule has 0 bridgehead atoms. The molecule has 0 fully saturated rings. The Morgan fingerprint density at radius 1 is 1.43 bits per heavy atom. The van der Waals surface area contributed by atoms with Crippen LogP contribution in [0.5, 0.6) is 0 Å². The molecule has 1 aliphatic rings. The van der Waals surface area contributed by atoms with Gasteiger partial charge in [0.2, 0.25) is 0 Å². The number of halogens is 1. The summed E-state index contributed by atoms with van der Waals surface area (Å²) in [5, 5.41) is 11.6. The van der Waals surface area contributed by atoms with Gasteiger partial charge in [-0.3, -0.25) is 0 Å². The Morgan fingerprint density at radius 2 is 2.29 bits per heavy atom. The fourth-order valence-corrected chi connectivity index (χ4v) is 2.48. The number of nitrogens with one attached hydrogen (secondary N) is 1. The van der Waals surface area contributed by atoms with Gasteiger partial charge in [-0.1, -0.05) is 23.7 Å². The molecule has 0 amide bonds. The molecule has 1 atom stereocenters. The highest BCUT2D eigenvalue weighted by Gasteiger charge is 2.25. The number of fused-ring (bicyclic) bond motifs is 3. The van der Waals surface area contributed by atoms with Crippen molar-refractivity contribution in [2.75, 3.05) is 0 Å². The number of aromatic nitrogens is 1. The zero-order chi connectivity index (χ0) is 9.71. The van der Waals surface area contributed by atoms with Crippen molar-refractivity contribution in [1.29, 1.82) is 0 Å². The van der Waals surface area contributed by atoms with Gasteiger partial charge in [-0.25, -0.2) is 0 Å². The zero-order valence-corrected chi connectivity index (χ0v) is 8.30. The molecule has 0 radical (unpaired) electrons. The lowest BCUT2D eigenvalue weighted by Gasteiger charge is -2.01. The lowest BCUT2D eigenvalue weighted by Crippen LogP contribution is -1.88. The Hall–Kier alpha value is -0.990. The third-order valence-electron chi connectivity index (χ3n) is 2.91. The summed E-state index contributed by atoms with van der Waals surface area (Å²) in [6, 6.07) is 5.79. The summed E-state index contributed by atoms with van der Waals surface area (Å²) in [5.41, 5.74) is 3.14.